The van der Waals surface area contributed by atoms with Crippen molar-refractivity contribution in [3.63, 3.8) is 0 Å². The van der Waals surface area contributed by atoms with Gasteiger partial charge in [-0.3, -0.25) is 0 Å². The van der Waals surface area contributed by atoms with Gasteiger partial charge >= 0.3 is 0 Å². The van der Waals surface area contributed by atoms with Gasteiger partial charge in [-0.2, -0.15) is 5.21 Å². The summed E-state index contributed by atoms with van der Waals surface area (Å²) in [7, 11) is 0. The summed E-state index contributed by atoms with van der Waals surface area (Å²) in [6, 6.07) is 3.94. The Morgan fingerprint density at radius 3 is 3.00 bits per heavy atom. The topological polar surface area (TPSA) is 79.6 Å². The lowest BCUT2D eigenvalue weighted by molar-refractivity contribution is 0.439. The highest BCUT2D eigenvalue weighted by atomic mass is 16.3. The van der Waals surface area contributed by atoms with Crippen LogP contribution in [0.15, 0.2) is 16.5 Å². The van der Waals surface area contributed by atoms with Crippen molar-refractivity contribution in [3.05, 3.63) is 29.5 Å². The monoisotopic (exact) mass is 207 g/mol. The summed E-state index contributed by atoms with van der Waals surface area (Å²) in [5.74, 6) is 2.47. The van der Waals surface area contributed by atoms with E-state index in [2.05, 4.69) is 25.9 Å². The van der Waals surface area contributed by atoms with Crippen molar-refractivity contribution in [2.75, 3.05) is 0 Å². The van der Waals surface area contributed by atoms with Crippen LogP contribution in [0.5, 0.6) is 0 Å². The van der Waals surface area contributed by atoms with E-state index in [9.17, 15) is 0 Å². The molecule has 0 aliphatic carbocycles. The fourth-order valence-corrected chi connectivity index (χ4v) is 1.28. The molecule has 15 heavy (non-hydrogen) atoms. The van der Waals surface area contributed by atoms with E-state index < -0.39 is 0 Å². The molecule has 2 heterocycles. The predicted molar refractivity (Wildman–Crippen MR) is 52.9 cm³/mol. The largest absolute Gasteiger partial charge is 0.465 e. The number of hydrogen-bond donors (Lipinski definition) is 2. The molecular formula is C9H13N5O. The maximum absolute atomic E-state index is 5.42. The number of nitrogens with zero attached hydrogens (tertiary/aromatic N) is 3. The van der Waals surface area contributed by atoms with Crippen LogP contribution in [-0.2, 0) is 6.54 Å². The van der Waals surface area contributed by atoms with Crippen LogP contribution in [0.25, 0.3) is 0 Å². The molecule has 0 aromatic carbocycles. The molecule has 0 radical (unpaired) electrons. The third-order valence-corrected chi connectivity index (χ3v) is 2.13. The first-order chi connectivity index (χ1) is 7.25. The van der Waals surface area contributed by atoms with Gasteiger partial charge < -0.3 is 9.73 Å². The Balaban J connectivity index is 1.88. The van der Waals surface area contributed by atoms with E-state index in [0.29, 0.717) is 12.4 Å². The summed E-state index contributed by atoms with van der Waals surface area (Å²) < 4.78 is 5.42. The van der Waals surface area contributed by atoms with E-state index in [0.717, 1.165) is 11.5 Å². The molecule has 0 saturated carbocycles. The zero-order valence-electron chi connectivity index (χ0n) is 8.69. The minimum Gasteiger partial charge on any atom is -0.465 e. The molecule has 0 spiro atoms. The maximum atomic E-state index is 5.42. The van der Waals surface area contributed by atoms with Gasteiger partial charge in [0.05, 0.1) is 12.6 Å². The molecule has 2 aromatic rings. The number of furan rings is 1. The Morgan fingerprint density at radius 1 is 1.53 bits per heavy atom. The van der Waals surface area contributed by atoms with E-state index >= 15 is 0 Å². The fraction of sp³-hybridized carbons (Fsp3) is 0.444. The molecule has 2 rings (SSSR count). The van der Waals surface area contributed by atoms with Crippen LogP contribution in [0.3, 0.4) is 0 Å². The Bertz CT molecular complexity index is 408. The number of tetrazole rings is 1. The Labute approximate surface area is 87.1 Å². The molecule has 6 nitrogen and oxygen atoms in total. The van der Waals surface area contributed by atoms with Gasteiger partial charge in [0.15, 0.2) is 5.82 Å². The molecular weight excluding hydrogens is 194 g/mol. The Morgan fingerprint density at radius 2 is 2.40 bits per heavy atom. The van der Waals surface area contributed by atoms with Crippen LogP contribution in [-0.4, -0.2) is 20.6 Å². The summed E-state index contributed by atoms with van der Waals surface area (Å²) in [5, 5.41) is 16.9. The van der Waals surface area contributed by atoms with Crippen molar-refractivity contribution in [3.8, 4) is 0 Å². The molecule has 2 N–H and O–H groups in total. The van der Waals surface area contributed by atoms with Crippen molar-refractivity contribution in [2.45, 2.75) is 26.4 Å². The highest BCUT2D eigenvalue weighted by Gasteiger charge is 2.09. The van der Waals surface area contributed by atoms with E-state index in [-0.39, 0.29) is 6.04 Å². The standard InChI is InChI=1S/C9H13N5O/c1-6-3-4-8(15-6)5-10-7(2)9-11-13-14-12-9/h3-4,7,10H,5H2,1-2H3,(H,11,12,13,14). The molecule has 1 atom stereocenters. The molecule has 0 aliphatic rings. The summed E-state index contributed by atoms with van der Waals surface area (Å²) in [6.07, 6.45) is 0. The highest BCUT2D eigenvalue weighted by molar-refractivity contribution is 5.05. The minimum absolute atomic E-state index is 0.0501. The van der Waals surface area contributed by atoms with Gasteiger partial charge in [0, 0.05) is 0 Å². The maximum Gasteiger partial charge on any atom is 0.191 e. The van der Waals surface area contributed by atoms with Gasteiger partial charge in [0.2, 0.25) is 0 Å². The third kappa shape index (κ3) is 2.41. The summed E-state index contributed by atoms with van der Waals surface area (Å²) in [4.78, 5) is 0. The van der Waals surface area contributed by atoms with Crippen molar-refractivity contribution < 1.29 is 4.42 Å². The lowest BCUT2D eigenvalue weighted by Crippen LogP contribution is -2.18. The number of aryl methyl sites for hydroxylation is 1. The lowest BCUT2D eigenvalue weighted by atomic mass is 10.3. The quantitative estimate of drug-likeness (QED) is 0.780. The Hall–Kier alpha value is -1.69. The van der Waals surface area contributed by atoms with E-state index in [1.165, 1.54) is 0 Å². The van der Waals surface area contributed by atoms with Crippen LogP contribution in [0.4, 0.5) is 0 Å². The first-order valence-corrected chi connectivity index (χ1v) is 4.78. The zero-order valence-corrected chi connectivity index (χ0v) is 8.69. The average molecular weight is 207 g/mol. The number of rotatable bonds is 4. The molecule has 0 saturated heterocycles. The first-order valence-electron chi connectivity index (χ1n) is 4.78. The summed E-state index contributed by atoms with van der Waals surface area (Å²) in [5.41, 5.74) is 0. The molecule has 80 valence electrons. The molecule has 0 aliphatic heterocycles. The van der Waals surface area contributed by atoms with Crippen molar-refractivity contribution in [1.82, 2.24) is 25.9 Å². The first kappa shape index (κ1) is 9.85. The fourth-order valence-electron chi connectivity index (χ4n) is 1.28. The van der Waals surface area contributed by atoms with Gasteiger partial charge in [0.1, 0.15) is 11.5 Å². The van der Waals surface area contributed by atoms with Gasteiger partial charge in [-0.15, -0.1) is 10.2 Å². The molecule has 0 bridgehead atoms. The predicted octanol–water partition coefficient (Wildman–Crippen LogP) is 0.952. The van der Waals surface area contributed by atoms with Crippen LogP contribution in [0.1, 0.15) is 30.3 Å². The number of nitrogens with one attached hydrogen (secondary N) is 2. The number of aromatic amines is 1. The van der Waals surface area contributed by atoms with Gasteiger partial charge in [-0.05, 0) is 26.0 Å². The normalized spacial score (nSPS) is 12.9. The lowest BCUT2D eigenvalue weighted by Gasteiger charge is -2.07. The van der Waals surface area contributed by atoms with Crippen LogP contribution in [0.2, 0.25) is 0 Å². The number of hydrogen-bond acceptors (Lipinski definition) is 5. The van der Waals surface area contributed by atoms with Crippen LogP contribution < -0.4 is 5.32 Å². The molecule has 0 amide bonds. The molecule has 0 fully saturated rings. The van der Waals surface area contributed by atoms with E-state index in [1.54, 1.807) is 0 Å². The van der Waals surface area contributed by atoms with Crippen molar-refractivity contribution in [2.24, 2.45) is 0 Å². The second-order valence-corrected chi connectivity index (χ2v) is 3.38. The summed E-state index contributed by atoms with van der Waals surface area (Å²) in [6.45, 7) is 4.55. The highest BCUT2D eigenvalue weighted by Crippen LogP contribution is 2.09. The number of H-pyrrole nitrogens is 1. The molecule has 6 heteroatoms. The molecule has 1 unspecified atom stereocenters. The third-order valence-electron chi connectivity index (χ3n) is 2.13. The smallest absolute Gasteiger partial charge is 0.191 e. The van der Waals surface area contributed by atoms with Gasteiger partial charge in [0.25, 0.3) is 0 Å². The second-order valence-electron chi connectivity index (χ2n) is 3.38. The van der Waals surface area contributed by atoms with Gasteiger partial charge in [-0.1, -0.05) is 5.21 Å². The second kappa shape index (κ2) is 4.22. The SMILES string of the molecule is Cc1ccc(CNC(C)c2nn[nH]n2)o1. The number of aromatic nitrogens is 4. The average Bonchev–Trinajstić information content (AvgIpc) is 2.84. The van der Waals surface area contributed by atoms with E-state index in [4.69, 9.17) is 4.42 Å². The zero-order chi connectivity index (χ0) is 10.7. The van der Waals surface area contributed by atoms with E-state index in [1.807, 2.05) is 26.0 Å². The summed E-state index contributed by atoms with van der Waals surface area (Å²) >= 11 is 0. The molecule has 2 aromatic heterocycles. The minimum atomic E-state index is 0.0501. The van der Waals surface area contributed by atoms with Crippen LogP contribution >= 0.6 is 0 Å². The van der Waals surface area contributed by atoms with Gasteiger partial charge in [-0.25, -0.2) is 0 Å². The van der Waals surface area contributed by atoms with Crippen molar-refractivity contribution >= 4 is 0 Å². The Kier molecular flexibility index (Phi) is 2.77. The van der Waals surface area contributed by atoms with Crippen molar-refractivity contribution in [1.29, 1.82) is 0 Å². The van der Waals surface area contributed by atoms with Crippen LogP contribution in [0, 0.1) is 6.92 Å².